The summed E-state index contributed by atoms with van der Waals surface area (Å²) in [6.45, 7) is 1.43. The molecule has 0 radical (unpaired) electrons. The number of hydrogen-bond acceptors (Lipinski definition) is 4. The highest BCUT2D eigenvalue weighted by molar-refractivity contribution is 7.88. The van der Waals surface area contributed by atoms with Crippen LogP contribution in [0.5, 0.6) is 0 Å². The molecule has 2 aromatic rings. The van der Waals surface area contributed by atoms with E-state index in [1.54, 1.807) is 22.7 Å². The van der Waals surface area contributed by atoms with E-state index in [1.807, 2.05) is 30.3 Å². The standard InChI is InChI=1S/C16H20N4O3S/c1-18-15(12-14(17-18)13-6-4-3-5-7-13)16(21)19-8-10-20(11-9-19)24(2,22)23/h3-7,12H,8-11H2,1-2H3. The van der Waals surface area contributed by atoms with Crippen LogP contribution in [0.1, 0.15) is 10.5 Å². The quantitative estimate of drug-likeness (QED) is 0.822. The van der Waals surface area contributed by atoms with Gasteiger partial charge in [-0.15, -0.1) is 0 Å². The van der Waals surface area contributed by atoms with Gasteiger partial charge in [0.15, 0.2) is 0 Å². The van der Waals surface area contributed by atoms with E-state index < -0.39 is 10.0 Å². The van der Waals surface area contributed by atoms with Crippen molar-refractivity contribution in [3.63, 3.8) is 0 Å². The van der Waals surface area contributed by atoms with Crippen LogP contribution in [0.15, 0.2) is 36.4 Å². The Morgan fingerprint density at radius 2 is 1.71 bits per heavy atom. The highest BCUT2D eigenvalue weighted by atomic mass is 32.2. The number of sulfonamides is 1. The summed E-state index contributed by atoms with van der Waals surface area (Å²) in [5.41, 5.74) is 2.20. The molecule has 0 atom stereocenters. The topological polar surface area (TPSA) is 75.5 Å². The summed E-state index contributed by atoms with van der Waals surface area (Å²) in [6.07, 6.45) is 1.19. The molecule has 0 bridgehead atoms. The number of carbonyl (C=O) groups is 1. The fourth-order valence-corrected chi connectivity index (χ4v) is 3.63. The van der Waals surface area contributed by atoms with Crippen molar-refractivity contribution >= 4 is 15.9 Å². The summed E-state index contributed by atoms with van der Waals surface area (Å²) < 4.78 is 26.1. The Kier molecular flexibility index (Phi) is 4.42. The van der Waals surface area contributed by atoms with Gasteiger partial charge >= 0.3 is 0 Å². The Morgan fingerprint density at radius 1 is 1.08 bits per heavy atom. The van der Waals surface area contributed by atoms with Crippen molar-refractivity contribution in [2.24, 2.45) is 7.05 Å². The fourth-order valence-electron chi connectivity index (χ4n) is 2.80. The van der Waals surface area contributed by atoms with Gasteiger partial charge in [-0.1, -0.05) is 30.3 Å². The summed E-state index contributed by atoms with van der Waals surface area (Å²) in [5, 5.41) is 4.41. The minimum absolute atomic E-state index is 0.125. The molecule has 8 heteroatoms. The molecule has 1 saturated heterocycles. The Labute approximate surface area is 141 Å². The molecule has 1 aliphatic heterocycles. The maximum absolute atomic E-state index is 12.7. The molecule has 7 nitrogen and oxygen atoms in total. The first-order chi connectivity index (χ1) is 11.4. The van der Waals surface area contributed by atoms with Gasteiger partial charge in [0.05, 0.1) is 11.9 Å². The Balaban J connectivity index is 1.76. The second kappa shape index (κ2) is 6.37. The maximum atomic E-state index is 12.7. The SMILES string of the molecule is Cn1nc(-c2ccccc2)cc1C(=O)N1CCN(S(C)(=O)=O)CC1. The summed E-state index contributed by atoms with van der Waals surface area (Å²) >= 11 is 0. The van der Waals surface area contributed by atoms with Gasteiger partial charge in [-0.05, 0) is 6.07 Å². The lowest BCUT2D eigenvalue weighted by Crippen LogP contribution is -2.50. The molecule has 1 aromatic heterocycles. The van der Waals surface area contributed by atoms with E-state index in [4.69, 9.17) is 0 Å². The van der Waals surface area contributed by atoms with Crippen molar-refractivity contribution in [3.05, 3.63) is 42.1 Å². The van der Waals surface area contributed by atoms with Gasteiger partial charge in [-0.25, -0.2) is 8.42 Å². The highest BCUT2D eigenvalue weighted by Gasteiger charge is 2.28. The lowest BCUT2D eigenvalue weighted by molar-refractivity contribution is 0.0687. The van der Waals surface area contributed by atoms with E-state index in [1.165, 1.54) is 10.6 Å². The second-order valence-corrected chi connectivity index (χ2v) is 7.84. The zero-order valence-electron chi connectivity index (χ0n) is 13.7. The average molecular weight is 348 g/mol. The number of amides is 1. The maximum Gasteiger partial charge on any atom is 0.272 e. The summed E-state index contributed by atoms with van der Waals surface area (Å²) in [7, 11) is -1.46. The summed E-state index contributed by atoms with van der Waals surface area (Å²) in [5.74, 6) is -0.125. The first-order valence-electron chi connectivity index (χ1n) is 7.70. The van der Waals surface area contributed by atoms with Crippen molar-refractivity contribution in [1.82, 2.24) is 19.0 Å². The second-order valence-electron chi connectivity index (χ2n) is 5.86. The van der Waals surface area contributed by atoms with E-state index in [-0.39, 0.29) is 5.91 Å². The Bertz CT molecular complexity index is 837. The van der Waals surface area contributed by atoms with E-state index in [9.17, 15) is 13.2 Å². The predicted molar refractivity (Wildman–Crippen MR) is 91.0 cm³/mol. The minimum Gasteiger partial charge on any atom is -0.335 e. The van der Waals surface area contributed by atoms with Crippen molar-refractivity contribution in [3.8, 4) is 11.3 Å². The van der Waals surface area contributed by atoms with Gasteiger partial charge in [0, 0.05) is 38.8 Å². The zero-order chi connectivity index (χ0) is 17.3. The van der Waals surface area contributed by atoms with Crippen LogP contribution in [0.2, 0.25) is 0 Å². The molecule has 1 amide bonds. The number of piperazine rings is 1. The lowest BCUT2D eigenvalue weighted by Gasteiger charge is -2.33. The molecule has 0 saturated carbocycles. The molecular weight excluding hydrogens is 328 g/mol. The van der Waals surface area contributed by atoms with Gasteiger partial charge in [-0.2, -0.15) is 9.40 Å². The number of benzene rings is 1. The summed E-state index contributed by atoms with van der Waals surface area (Å²) in [6, 6.07) is 11.5. The Morgan fingerprint density at radius 3 is 2.29 bits per heavy atom. The third kappa shape index (κ3) is 3.34. The average Bonchev–Trinajstić information content (AvgIpc) is 2.96. The minimum atomic E-state index is -3.20. The van der Waals surface area contributed by atoms with Crippen LogP contribution in [0.3, 0.4) is 0 Å². The summed E-state index contributed by atoms with van der Waals surface area (Å²) in [4.78, 5) is 14.4. The third-order valence-electron chi connectivity index (χ3n) is 4.16. The van der Waals surface area contributed by atoms with Gasteiger partial charge in [0.1, 0.15) is 5.69 Å². The van der Waals surface area contributed by atoms with Gasteiger partial charge in [-0.3, -0.25) is 9.48 Å². The number of hydrogen-bond donors (Lipinski definition) is 0. The zero-order valence-corrected chi connectivity index (χ0v) is 14.5. The number of rotatable bonds is 3. The van der Waals surface area contributed by atoms with Crippen LogP contribution in [-0.2, 0) is 17.1 Å². The van der Waals surface area contributed by atoms with Crippen LogP contribution in [0.4, 0.5) is 0 Å². The predicted octanol–water partition coefficient (Wildman–Crippen LogP) is 0.804. The molecule has 0 aliphatic carbocycles. The fraction of sp³-hybridized carbons (Fsp3) is 0.375. The molecule has 1 aliphatic rings. The molecule has 24 heavy (non-hydrogen) atoms. The molecule has 0 spiro atoms. The third-order valence-corrected chi connectivity index (χ3v) is 5.47. The molecule has 128 valence electrons. The number of aromatic nitrogens is 2. The van der Waals surface area contributed by atoms with Crippen molar-refractivity contribution in [2.45, 2.75) is 0 Å². The van der Waals surface area contributed by atoms with Gasteiger partial charge in [0.2, 0.25) is 10.0 Å². The lowest BCUT2D eigenvalue weighted by atomic mass is 10.1. The van der Waals surface area contributed by atoms with E-state index >= 15 is 0 Å². The van der Waals surface area contributed by atoms with E-state index in [0.717, 1.165) is 11.3 Å². The molecule has 0 unspecified atom stereocenters. The van der Waals surface area contributed by atoms with Crippen LogP contribution < -0.4 is 0 Å². The number of nitrogens with zero attached hydrogens (tertiary/aromatic N) is 4. The number of carbonyl (C=O) groups excluding carboxylic acids is 1. The highest BCUT2D eigenvalue weighted by Crippen LogP contribution is 2.19. The van der Waals surface area contributed by atoms with E-state index in [2.05, 4.69) is 5.10 Å². The normalized spacial score (nSPS) is 16.3. The monoisotopic (exact) mass is 348 g/mol. The largest absolute Gasteiger partial charge is 0.335 e. The first-order valence-corrected chi connectivity index (χ1v) is 9.55. The van der Waals surface area contributed by atoms with Crippen LogP contribution in [-0.4, -0.2) is 65.7 Å². The molecule has 1 aromatic carbocycles. The van der Waals surface area contributed by atoms with Crippen LogP contribution in [0.25, 0.3) is 11.3 Å². The van der Waals surface area contributed by atoms with Gasteiger partial charge in [0.25, 0.3) is 5.91 Å². The Hall–Kier alpha value is -2.19. The van der Waals surface area contributed by atoms with Crippen LogP contribution in [0, 0.1) is 0 Å². The van der Waals surface area contributed by atoms with Crippen molar-refractivity contribution < 1.29 is 13.2 Å². The van der Waals surface area contributed by atoms with Gasteiger partial charge < -0.3 is 4.90 Å². The molecular formula is C16H20N4O3S. The first kappa shape index (κ1) is 16.7. The van der Waals surface area contributed by atoms with E-state index in [0.29, 0.717) is 31.9 Å². The van der Waals surface area contributed by atoms with Crippen molar-refractivity contribution in [1.29, 1.82) is 0 Å². The smallest absolute Gasteiger partial charge is 0.272 e. The molecule has 0 N–H and O–H groups in total. The van der Waals surface area contributed by atoms with Crippen molar-refractivity contribution in [2.75, 3.05) is 32.4 Å². The number of aryl methyl sites for hydroxylation is 1. The van der Waals surface area contributed by atoms with Crippen LogP contribution >= 0.6 is 0 Å². The molecule has 3 rings (SSSR count). The molecule has 1 fully saturated rings. The molecule has 2 heterocycles.